The van der Waals surface area contributed by atoms with E-state index in [-0.39, 0.29) is 0 Å². The third-order valence-corrected chi connectivity index (χ3v) is 3.52. The smallest absolute Gasteiger partial charge is 0.0927 e. The Balaban J connectivity index is 2.68. The van der Waals surface area contributed by atoms with Crippen LogP contribution in [-0.4, -0.2) is 11.5 Å². The normalized spacial score (nSPS) is 11.3. The second kappa shape index (κ2) is 5.98. The van der Waals surface area contributed by atoms with Gasteiger partial charge < -0.3 is 5.32 Å². The molecule has 1 aromatic carbocycles. The Hall–Kier alpha value is -0.990. The molecule has 0 aliphatic heterocycles. The van der Waals surface area contributed by atoms with Crippen molar-refractivity contribution < 1.29 is 0 Å². The Labute approximate surface area is 124 Å². The van der Waals surface area contributed by atoms with Gasteiger partial charge in [0.1, 0.15) is 0 Å². The van der Waals surface area contributed by atoms with Gasteiger partial charge in [0.2, 0.25) is 0 Å². The van der Waals surface area contributed by atoms with Gasteiger partial charge in [0.25, 0.3) is 0 Å². The van der Waals surface area contributed by atoms with Crippen molar-refractivity contribution in [3.05, 3.63) is 33.9 Å². The van der Waals surface area contributed by atoms with Crippen molar-refractivity contribution in [3.63, 3.8) is 0 Å². The van der Waals surface area contributed by atoms with Gasteiger partial charge in [-0.1, -0.05) is 37.0 Å². The average Bonchev–Trinajstić information content (AvgIpc) is 2.33. The van der Waals surface area contributed by atoms with Crippen LogP contribution >= 0.6 is 23.2 Å². The molecule has 2 nitrogen and oxygen atoms in total. The van der Waals surface area contributed by atoms with Crippen LogP contribution in [0.15, 0.2) is 18.2 Å². The van der Waals surface area contributed by atoms with E-state index in [0.29, 0.717) is 16.0 Å². The van der Waals surface area contributed by atoms with Crippen LogP contribution in [0, 0.1) is 5.92 Å². The summed E-state index contributed by atoms with van der Waals surface area (Å²) in [6.45, 7) is 7.26. The summed E-state index contributed by atoms with van der Waals surface area (Å²) >= 11 is 12.6. The summed E-state index contributed by atoms with van der Waals surface area (Å²) in [4.78, 5) is 4.66. The Morgan fingerprint density at radius 3 is 2.53 bits per heavy atom. The van der Waals surface area contributed by atoms with E-state index in [0.717, 1.165) is 35.2 Å². The van der Waals surface area contributed by atoms with Crippen LogP contribution in [0.2, 0.25) is 10.0 Å². The third-order valence-electron chi connectivity index (χ3n) is 2.90. The number of hydrogen-bond acceptors (Lipinski definition) is 2. The number of nitrogens with zero attached hydrogens (tertiary/aromatic N) is 1. The summed E-state index contributed by atoms with van der Waals surface area (Å²) in [5.41, 5.74) is 2.83. The zero-order chi connectivity index (χ0) is 14.0. The van der Waals surface area contributed by atoms with Gasteiger partial charge in [0.15, 0.2) is 0 Å². The van der Waals surface area contributed by atoms with Crippen molar-refractivity contribution in [1.82, 2.24) is 4.98 Å². The molecule has 0 saturated heterocycles. The molecule has 0 atom stereocenters. The second-order valence-electron chi connectivity index (χ2n) is 5.04. The van der Waals surface area contributed by atoms with Gasteiger partial charge in [-0.15, -0.1) is 0 Å². The zero-order valence-electron chi connectivity index (χ0n) is 11.4. The number of benzene rings is 1. The third kappa shape index (κ3) is 3.13. The molecule has 1 heterocycles. The minimum atomic E-state index is 0.553. The maximum absolute atomic E-state index is 6.29. The Morgan fingerprint density at radius 1 is 1.21 bits per heavy atom. The second-order valence-corrected chi connectivity index (χ2v) is 5.86. The quantitative estimate of drug-likeness (QED) is 0.842. The van der Waals surface area contributed by atoms with E-state index < -0.39 is 0 Å². The van der Waals surface area contributed by atoms with Crippen LogP contribution in [0.3, 0.4) is 0 Å². The van der Waals surface area contributed by atoms with Crippen molar-refractivity contribution in [3.8, 4) is 0 Å². The van der Waals surface area contributed by atoms with Gasteiger partial charge in [-0.05, 0) is 37.5 Å². The number of anilines is 1. The molecule has 2 rings (SSSR count). The molecular formula is C15H18Cl2N2. The number of fused-ring (bicyclic) bond motifs is 1. The summed E-state index contributed by atoms with van der Waals surface area (Å²) in [7, 11) is 0. The van der Waals surface area contributed by atoms with Crippen LogP contribution < -0.4 is 5.32 Å². The fourth-order valence-corrected chi connectivity index (χ4v) is 2.63. The van der Waals surface area contributed by atoms with E-state index in [4.69, 9.17) is 23.2 Å². The lowest BCUT2D eigenvalue weighted by Gasteiger charge is -2.13. The highest BCUT2D eigenvalue weighted by molar-refractivity contribution is 6.40. The van der Waals surface area contributed by atoms with Gasteiger partial charge in [-0.25, -0.2) is 0 Å². The van der Waals surface area contributed by atoms with Gasteiger partial charge >= 0.3 is 0 Å². The lowest BCUT2D eigenvalue weighted by Crippen LogP contribution is -2.03. The van der Waals surface area contributed by atoms with E-state index >= 15 is 0 Å². The molecule has 1 N–H and O–H groups in total. The molecule has 0 aliphatic carbocycles. The fourth-order valence-electron chi connectivity index (χ4n) is 2.17. The highest BCUT2D eigenvalue weighted by atomic mass is 35.5. The van der Waals surface area contributed by atoms with E-state index in [1.165, 1.54) is 0 Å². The average molecular weight is 297 g/mol. The predicted molar refractivity (Wildman–Crippen MR) is 84.5 cm³/mol. The first-order valence-corrected chi connectivity index (χ1v) is 7.30. The molecule has 0 unspecified atom stereocenters. The molecule has 0 spiro atoms. The van der Waals surface area contributed by atoms with E-state index in [1.54, 1.807) is 6.07 Å². The minimum absolute atomic E-state index is 0.553. The monoisotopic (exact) mass is 296 g/mol. The minimum Gasteiger partial charge on any atom is -0.385 e. The molecule has 0 bridgehead atoms. The topological polar surface area (TPSA) is 24.9 Å². The van der Waals surface area contributed by atoms with Crippen molar-refractivity contribution in [1.29, 1.82) is 0 Å². The molecule has 0 saturated carbocycles. The van der Waals surface area contributed by atoms with E-state index in [2.05, 4.69) is 37.1 Å². The van der Waals surface area contributed by atoms with Gasteiger partial charge in [-0.2, -0.15) is 0 Å². The highest BCUT2D eigenvalue weighted by Gasteiger charge is 2.12. The largest absolute Gasteiger partial charge is 0.385 e. The van der Waals surface area contributed by atoms with Crippen LogP contribution in [0.25, 0.3) is 10.9 Å². The summed E-state index contributed by atoms with van der Waals surface area (Å²) < 4.78 is 0. The number of rotatable bonds is 4. The van der Waals surface area contributed by atoms with Crippen LogP contribution in [-0.2, 0) is 6.42 Å². The first-order valence-electron chi connectivity index (χ1n) is 6.54. The molecule has 1 aromatic heterocycles. The van der Waals surface area contributed by atoms with Crippen molar-refractivity contribution in [2.45, 2.75) is 27.2 Å². The van der Waals surface area contributed by atoms with Crippen molar-refractivity contribution >= 4 is 39.8 Å². The SMILES string of the molecule is CCNc1cc(CC(C)C)nc2c(Cl)ccc(Cl)c12. The Morgan fingerprint density at radius 2 is 1.89 bits per heavy atom. The van der Waals surface area contributed by atoms with Gasteiger partial charge in [0, 0.05) is 23.3 Å². The maximum Gasteiger partial charge on any atom is 0.0927 e. The molecule has 2 aromatic rings. The Bertz CT molecular complexity index is 594. The number of nitrogens with one attached hydrogen (secondary N) is 1. The van der Waals surface area contributed by atoms with Gasteiger partial charge in [0.05, 0.1) is 15.6 Å². The highest BCUT2D eigenvalue weighted by Crippen LogP contribution is 2.34. The molecule has 0 aliphatic rings. The van der Waals surface area contributed by atoms with E-state index in [9.17, 15) is 0 Å². The molecular weight excluding hydrogens is 279 g/mol. The number of pyridine rings is 1. The van der Waals surface area contributed by atoms with Crippen molar-refractivity contribution in [2.75, 3.05) is 11.9 Å². The Kier molecular flexibility index (Phi) is 4.54. The summed E-state index contributed by atoms with van der Waals surface area (Å²) in [6.07, 6.45) is 0.928. The van der Waals surface area contributed by atoms with E-state index in [1.807, 2.05) is 6.07 Å². The predicted octanol–water partition coefficient (Wildman–Crippen LogP) is 5.17. The van der Waals surface area contributed by atoms with Crippen LogP contribution in [0.1, 0.15) is 26.5 Å². The molecule has 0 amide bonds. The number of hydrogen-bond donors (Lipinski definition) is 1. The first kappa shape index (κ1) is 14.4. The lowest BCUT2D eigenvalue weighted by atomic mass is 10.1. The van der Waals surface area contributed by atoms with Crippen LogP contribution in [0.5, 0.6) is 0 Å². The molecule has 4 heteroatoms. The van der Waals surface area contributed by atoms with Crippen molar-refractivity contribution in [2.24, 2.45) is 5.92 Å². The summed E-state index contributed by atoms with van der Waals surface area (Å²) in [6, 6.07) is 5.69. The molecule has 0 radical (unpaired) electrons. The maximum atomic E-state index is 6.29. The molecule has 19 heavy (non-hydrogen) atoms. The van der Waals surface area contributed by atoms with Crippen LogP contribution in [0.4, 0.5) is 5.69 Å². The first-order chi connectivity index (χ1) is 9.02. The molecule has 102 valence electrons. The molecule has 0 fully saturated rings. The summed E-state index contributed by atoms with van der Waals surface area (Å²) in [5.74, 6) is 0.553. The summed E-state index contributed by atoms with van der Waals surface area (Å²) in [5, 5.41) is 5.58. The fraction of sp³-hybridized carbons (Fsp3) is 0.400. The lowest BCUT2D eigenvalue weighted by molar-refractivity contribution is 0.637. The standard InChI is InChI=1S/C15H18Cl2N2/c1-4-18-13-8-10(7-9(2)3)19-15-12(17)6-5-11(16)14(13)15/h5-6,8-9H,4,7H2,1-3H3,(H,18,19). The number of aromatic nitrogens is 1. The number of halogens is 2. The van der Waals surface area contributed by atoms with Gasteiger partial charge in [-0.3, -0.25) is 4.98 Å². The zero-order valence-corrected chi connectivity index (χ0v) is 12.9.